The van der Waals surface area contributed by atoms with Crippen LogP contribution < -0.4 is 5.32 Å². The van der Waals surface area contributed by atoms with Crippen LogP contribution in [0.2, 0.25) is 0 Å². The molecule has 2 unspecified atom stereocenters. The van der Waals surface area contributed by atoms with Crippen LogP contribution in [0.25, 0.3) is 0 Å². The molecule has 0 aliphatic heterocycles. The van der Waals surface area contributed by atoms with E-state index in [1.165, 1.54) is 28.7 Å². The SMILES string of the molecule is CCCNCC1CC1(C)c1cc(Br)cs1. The summed E-state index contributed by atoms with van der Waals surface area (Å²) in [4.78, 5) is 1.54. The summed E-state index contributed by atoms with van der Waals surface area (Å²) in [6.45, 7) is 6.94. The highest BCUT2D eigenvalue weighted by Crippen LogP contribution is 2.55. The Hall–Kier alpha value is 0.140. The van der Waals surface area contributed by atoms with Crippen molar-refractivity contribution in [2.45, 2.75) is 32.1 Å². The number of rotatable bonds is 5. The van der Waals surface area contributed by atoms with Crippen LogP contribution in [0, 0.1) is 5.92 Å². The molecule has 1 aromatic heterocycles. The molecule has 1 N–H and O–H groups in total. The lowest BCUT2D eigenvalue weighted by atomic mass is 10.0. The van der Waals surface area contributed by atoms with Gasteiger partial charge in [0.15, 0.2) is 0 Å². The molecular weight excluding hydrogens is 270 g/mol. The number of hydrogen-bond donors (Lipinski definition) is 1. The van der Waals surface area contributed by atoms with Crippen molar-refractivity contribution in [3.8, 4) is 0 Å². The van der Waals surface area contributed by atoms with Gasteiger partial charge in [0.2, 0.25) is 0 Å². The van der Waals surface area contributed by atoms with Crippen molar-refractivity contribution in [1.82, 2.24) is 5.32 Å². The normalized spacial score (nSPS) is 29.4. The van der Waals surface area contributed by atoms with Gasteiger partial charge in [0.05, 0.1) is 0 Å². The summed E-state index contributed by atoms with van der Waals surface area (Å²) >= 11 is 5.42. The summed E-state index contributed by atoms with van der Waals surface area (Å²) in [7, 11) is 0. The Morgan fingerprint density at radius 3 is 3.07 bits per heavy atom. The van der Waals surface area contributed by atoms with Gasteiger partial charge in [0.1, 0.15) is 0 Å². The lowest BCUT2D eigenvalue weighted by Crippen LogP contribution is -2.20. The van der Waals surface area contributed by atoms with Crippen molar-refractivity contribution >= 4 is 27.3 Å². The molecule has 0 spiro atoms. The van der Waals surface area contributed by atoms with Crippen LogP contribution in [-0.4, -0.2) is 13.1 Å². The smallest absolute Gasteiger partial charge is 0.0285 e. The van der Waals surface area contributed by atoms with Crippen LogP contribution in [0.3, 0.4) is 0 Å². The maximum absolute atomic E-state index is 3.53. The molecule has 1 nitrogen and oxygen atoms in total. The van der Waals surface area contributed by atoms with Crippen molar-refractivity contribution in [3.63, 3.8) is 0 Å². The third kappa shape index (κ3) is 2.45. The molecule has 15 heavy (non-hydrogen) atoms. The molecule has 1 saturated carbocycles. The van der Waals surface area contributed by atoms with E-state index in [1.807, 2.05) is 11.3 Å². The molecule has 0 bridgehead atoms. The minimum absolute atomic E-state index is 0.456. The number of halogens is 1. The second kappa shape index (κ2) is 4.56. The highest BCUT2D eigenvalue weighted by Gasteiger charge is 2.51. The Labute approximate surface area is 104 Å². The van der Waals surface area contributed by atoms with Gasteiger partial charge in [-0.25, -0.2) is 0 Å². The van der Waals surface area contributed by atoms with Crippen molar-refractivity contribution in [2.75, 3.05) is 13.1 Å². The molecule has 1 heterocycles. The quantitative estimate of drug-likeness (QED) is 0.813. The Balaban J connectivity index is 1.89. The van der Waals surface area contributed by atoms with E-state index in [9.17, 15) is 0 Å². The molecular formula is C12H18BrNS. The third-order valence-electron chi connectivity index (χ3n) is 3.36. The minimum Gasteiger partial charge on any atom is -0.316 e. The van der Waals surface area contributed by atoms with Gasteiger partial charge in [-0.2, -0.15) is 0 Å². The molecule has 2 atom stereocenters. The first kappa shape index (κ1) is 11.6. The maximum Gasteiger partial charge on any atom is 0.0285 e. The van der Waals surface area contributed by atoms with Crippen LogP contribution >= 0.6 is 27.3 Å². The van der Waals surface area contributed by atoms with E-state index in [0.717, 1.165) is 12.5 Å². The van der Waals surface area contributed by atoms with Gasteiger partial charge in [-0.1, -0.05) is 13.8 Å². The molecule has 1 aromatic rings. The molecule has 84 valence electrons. The third-order valence-corrected chi connectivity index (χ3v) is 5.33. The molecule has 1 aliphatic carbocycles. The second-order valence-corrected chi connectivity index (χ2v) is 6.48. The van der Waals surface area contributed by atoms with E-state index < -0.39 is 0 Å². The van der Waals surface area contributed by atoms with Gasteiger partial charge in [-0.3, -0.25) is 0 Å². The lowest BCUT2D eigenvalue weighted by molar-refractivity contribution is 0.579. The highest BCUT2D eigenvalue weighted by molar-refractivity contribution is 9.10. The topological polar surface area (TPSA) is 12.0 Å². The summed E-state index contributed by atoms with van der Waals surface area (Å²) in [5, 5.41) is 5.71. The zero-order valence-electron chi connectivity index (χ0n) is 9.35. The maximum atomic E-state index is 3.53. The van der Waals surface area contributed by atoms with E-state index >= 15 is 0 Å². The zero-order valence-corrected chi connectivity index (χ0v) is 11.7. The van der Waals surface area contributed by atoms with Gasteiger partial charge in [-0.15, -0.1) is 11.3 Å². The molecule has 0 amide bonds. The number of thiophene rings is 1. The van der Waals surface area contributed by atoms with Crippen molar-refractivity contribution in [3.05, 3.63) is 20.8 Å². The molecule has 0 saturated heterocycles. The first-order valence-corrected chi connectivity index (χ1v) is 7.29. The summed E-state index contributed by atoms with van der Waals surface area (Å²) in [6.07, 6.45) is 2.57. The van der Waals surface area contributed by atoms with Crippen molar-refractivity contribution in [1.29, 1.82) is 0 Å². The number of nitrogens with one attached hydrogen (secondary N) is 1. The monoisotopic (exact) mass is 287 g/mol. The van der Waals surface area contributed by atoms with E-state index in [1.54, 1.807) is 0 Å². The van der Waals surface area contributed by atoms with Crippen molar-refractivity contribution in [2.24, 2.45) is 5.92 Å². The van der Waals surface area contributed by atoms with Gasteiger partial charge in [0, 0.05) is 20.1 Å². The fourth-order valence-corrected chi connectivity index (χ4v) is 3.80. The average Bonchev–Trinajstić information content (AvgIpc) is 2.66. The highest BCUT2D eigenvalue weighted by atomic mass is 79.9. The Kier molecular flexibility index (Phi) is 3.53. The van der Waals surface area contributed by atoms with Gasteiger partial charge < -0.3 is 5.32 Å². The van der Waals surface area contributed by atoms with E-state index in [-0.39, 0.29) is 0 Å². The predicted molar refractivity (Wildman–Crippen MR) is 70.6 cm³/mol. The summed E-state index contributed by atoms with van der Waals surface area (Å²) in [5.74, 6) is 0.842. The summed E-state index contributed by atoms with van der Waals surface area (Å²) < 4.78 is 1.23. The predicted octanol–water partition coefficient (Wildman–Crippen LogP) is 3.79. The average molecular weight is 288 g/mol. The molecule has 2 rings (SSSR count). The molecule has 3 heteroatoms. The van der Waals surface area contributed by atoms with Crippen LogP contribution in [0.1, 0.15) is 31.6 Å². The lowest BCUT2D eigenvalue weighted by Gasteiger charge is -2.09. The first-order valence-electron chi connectivity index (χ1n) is 5.62. The zero-order chi connectivity index (χ0) is 10.9. The van der Waals surface area contributed by atoms with Crippen LogP contribution in [0.5, 0.6) is 0 Å². The van der Waals surface area contributed by atoms with Gasteiger partial charge in [-0.05, 0) is 53.8 Å². The van der Waals surface area contributed by atoms with Crippen LogP contribution in [0.15, 0.2) is 15.9 Å². The standard InChI is InChI=1S/C12H18BrNS/c1-3-4-14-7-9-6-12(9,2)11-5-10(13)8-15-11/h5,8-9,14H,3-4,6-7H2,1-2H3. The Morgan fingerprint density at radius 1 is 1.67 bits per heavy atom. The van der Waals surface area contributed by atoms with E-state index in [0.29, 0.717) is 5.41 Å². The van der Waals surface area contributed by atoms with Gasteiger partial charge in [0.25, 0.3) is 0 Å². The fourth-order valence-electron chi connectivity index (χ4n) is 2.12. The van der Waals surface area contributed by atoms with Crippen LogP contribution in [-0.2, 0) is 5.41 Å². The Morgan fingerprint density at radius 2 is 2.47 bits per heavy atom. The largest absolute Gasteiger partial charge is 0.316 e. The second-order valence-electron chi connectivity index (χ2n) is 4.65. The van der Waals surface area contributed by atoms with Gasteiger partial charge >= 0.3 is 0 Å². The number of hydrogen-bond acceptors (Lipinski definition) is 2. The molecule has 0 radical (unpaired) electrons. The molecule has 0 aromatic carbocycles. The van der Waals surface area contributed by atoms with E-state index in [4.69, 9.17) is 0 Å². The summed E-state index contributed by atoms with van der Waals surface area (Å²) in [6, 6.07) is 2.28. The van der Waals surface area contributed by atoms with Crippen molar-refractivity contribution < 1.29 is 0 Å². The minimum atomic E-state index is 0.456. The van der Waals surface area contributed by atoms with Crippen LogP contribution in [0.4, 0.5) is 0 Å². The fraction of sp³-hybridized carbons (Fsp3) is 0.667. The van der Waals surface area contributed by atoms with E-state index in [2.05, 4.69) is 46.5 Å². The molecule has 1 fully saturated rings. The Bertz CT molecular complexity index is 336. The summed E-state index contributed by atoms with van der Waals surface area (Å²) in [5.41, 5.74) is 0.456. The first-order chi connectivity index (χ1) is 7.16. The molecule has 1 aliphatic rings.